The molecule has 0 aromatic carbocycles. The summed E-state index contributed by atoms with van der Waals surface area (Å²) in [6, 6.07) is 3.89. The van der Waals surface area contributed by atoms with Crippen molar-refractivity contribution in [1.29, 1.82) is 0 Å². The zero-order valence-electron chi connectivity index (χ0n) is 10.4. The first-order chi connectivity index (χ1) is 8.11. The summed E-state index contributed by atoms with van der Waals surface area (Å²) in [6.07, 6.45) is 1.70. The van der Waals surface area contributed by atoms with Gasteiger partial charge in [0.05, 0.1) is 32.1 Å². The van der Waals surface area contributed by atoms with E-state index >= 15 is 0 Å². The van der Waals surface area contributed by atoms with E-state index < -0.39 is 5.79 Å². The Hall–Kier alpha value is -1.33. The van der Waals surface area contributed by atoms with Gasteiger partial charge in [-0.05, 0) is 26.0 Å². The van der Waals surface area contributed by atoms with Crippen molar-refractivity contribution in [2.45, 2.75) is 25.7 Å². The zero-order valence-corrected chi connectivity index (χ0v) is 10.4. The minimum atomic E-state index is -0.489. The lowest BCUT2D eigenvalue weighted by Gasteiger charge is -2.35. The molecule has 0 amide bonds. The van der Waals surface area contributed by atoms with Crippen LogP contribution in [0.15, 0.2) is 18.3 Å². The van der Waals surface area contributed by atoms with Gasteiger partial charge in [-0.1, -0.05) is 0 Å². The fourth-order valence-electron chi connectivity index (χ4n) is 1.66. The number of nitrogens with one attached hydrogen (secondary N) is 1. The van der Waals surface area contributed by atoms with Gasteiger partial charge in [0, 0.05) is 6.20 Å². The normalized spacial score (nSPS) is 19.9. The second-order valence-corrected chi connectivity index (χ2v) is 4.42. The van der Waals surface area contributed by atoms with Crippen molar-refractivity contribution >= 4 is 5.69 Å². The van der Waals surface area contributed by atoms with Gasteiger partial charge >= 0.3 is 0 Å². The second kappa shape index (κ2) is 4.89. The summed E-state index contributed by atoms with van der Waals surface area (Å²) in [5.74, 6) is 0.0920. The number of aromatic nitrogens is 1. The highest BCUT2D eigenvalue weighted by Crippen LogP contribution is 2.24. The van der Waals surface area contributed by atoms with Gasteiger partial charge in [-0.25, -0.2) is 4.98 Å². The Balaban J connectivity index is 1.98. The quantitative estimate of drug-likeness (QED) is 0.867. The first-order valence-electron chi connectivity index (χ1n) is 5.64. The number of methoxy groups -OCH3 is 1. The van der Waals surface area contributed by atoms with Crippen LogP contribution in [0.3, 0.4) is 0 Å². The van der Waals surface area contributed by atoms with Crippen molar-refractivity contribution in [3.8, 4) is 5.88 Å². The average Bonchev–Trinajstić information content (AvgIpc) is 2.32. The molecule has 0 saturated carbocycles. The number of nitrogens with zero attached hydrogens (tertiary/aromatic N) is 1. The van der Waals surface area contributed by atoms with Crippen LogP contribution in [0.2, 0.25) is 0 Å². The summed E-state index contributed by atoms with van der Waals surface area (Å²) in [4.78, 5) is 4.12. The van der Waals surface area contributed by atoms with Crippen LogP contribution in [0.25, 0.3) is 0 Å². The number of pyridine rings is 1. The highest BCUT2D eigenvalue weighted by atomic mass is 16.7. The molecule has 0 aliphatic carbocycles. The summed E-state index contributed by atoms with van der Waals surface area (Å²) in [5, 5.41) is 3.30. The molecular formula is C12H18N2O3. The molecule has 1 aromatic heterocycles. The molecule has 94 valence electrons. The van der Waals surface area contributed by atoms with Gasteiger partial charge in [0.1, 0.15) is 0 Å². The Morgan fingerprint density at radius 3 is 2.76 bits per heavy atom. The molecule has 5 nitrogen and oxygen atoms in total. The maximum absolute atomic E-state index is 5.58. The third kappa shape index (κ3) is 3.08. The summed E-state index contributed by atoms with van der Waals surface area (Å²) in [6.45, 7) is 5.03. The van der Waals surface area contributed by atoms with E-state index in [1.807, 2.05) is 26.0 Å². The molecular weight excluding hydrogens is 220 g/mol. The standard InChI is InChI=1S/C12H18N2O3/c1-12(2)16-7-9(8-17-12)14-10-5-4-6-13-11(10)15-3/h4-6,9,14H,7-8H2,1-3H3. The lowest BCUT2D eigenvalue weighted by molar-refractivity contribution is -0.247. The van der Waals surface area contributed by atoms with Crippen LogP contribution in [0, 0.1) is 0 Å². The van der Waals surface area contributed by atoms with Crippen LogP contribution >= 0.6 is 0 Å². The van der Waals surface area contributed by atoms with Gasteiger partial charge in [-0.15, -0.1) is 0 Å². The SMILES string of the molecule is COc1ncccc1NC1COC(C)(C)OC1. The lowest BCUT2D eigenvalue weighted by Crippen LogP contribution is -2.45. The Kier molecular flexibility index (Phi) is 3.49. The van der Waals surface area contributed by atoms with Gasteiger partial charge in [-0.2, -0.15) is 0 Å². The molecule has 1 fully saturated rings. The Bertz CT molecular complexity index is 372. The molecule has 0 spiro atoms. The fourth-order valence-corrected chi connectivity index (χ4v) is 1.66. The molecule has 1 aliphatic rings. The first-order valence-corrected chi connectivity index (χ1v) is 5.64. The predicted molar refractivity (Wildman–Crippen MR) is 64.2 cm³/mol. The predicted octanol–water partition coefficient (Wildman–Crippen LogP) is 1.65. The molecule has 0 unspecified atom stereocenters. The van der Waals surface area contributed by atoms with Crippen molar-refractivity contribution < 1.29 is 14.2 Å². The van der Waals surface area contributed by atoms with E-state index in [-0.39, 0.29) is 6.04 Å². The van der Waals surface area contributed by atoms with E-state index in [2.05, 4.69) is 10.3 Å². The van der Waals surface area contributed by atoms with Gasteiger partial charge in [0.15, 0.2) is 5.79 Å². The minimum absolute atomic E-state index is 0.112. The van der Waals surface area contributed by atoms with Crippen LogP contribution in [-0.2, 0) is 9.47 Å². The van der Waals surface area contributed by atoms with Gasteiger partial charge in [0.2, 0.25) is 5.88 Å². The molecule has 2 rings (SSSR count). The van der Waals surface area contributed by atoms with E-state index in [0.29, 0.717) is 19.1 Å². The maximum atomic E-state index is 5.58. The van der Waals surface area contributed by atoms with E-state index in [1.54, 1.807) is 13.3 Å². The number of anilines is 1. The van der Waals surface area contributed by atoms with Gasteiger partial charge < -0.3 is 19.5 Å². The Morgan fingerprint density at radius 1 is 1.41 bits per heavy atom. The topological polar surface area (TPSA) is 52.6 Å². The molecule has 5 heteroatoms. The largest absolute Gasteiger partial charge is 0.480 e. The smallest absolute Gasteiger partial charge is 0.237 e. The number of hydrogen-bond donors (Lipinski definition) is 1. The van der Waals surface area contributed by atoms with Crippen molar-refractivity contribution in [2.24, 2.45) is 0 Å². The minimum Gasteiger partial charge on any atom is -0.480 e. The Labute approximate surface area is 101 Å². The van der Waals surface area contributed by atoms with Crippen LogP contribution in [0.4, 0.5) is 5.69 Å². The summed E-state index contributed by atoms with van der Waals surface area (Å²) in [7, 11) is 1.60. The Morgan fingerprint density at radius 2 is 2.12 bits per heavy atom. The van der Waals surface area contributed by atoms with Crippen molar-refractivity contribution in [1.82, 2.24) is 4.98 Å². The van der Waals surface area contributed by atoms with Gasteiger partial charge in [-0.3, -0.25) is 0 Å². The maximum Gasteiger partial charge on any atom is 0.237 e. The summed E-state index contributed by atoms with van der Waals surface area (Å²) < 4.78 is 16.3. The van der Waals surface area contributed by atoms with Crippen LogP contribution in [0.1, 0.15) is 13.8 Å². The van der Waals surface area contributed by atoms with Crippen LogP contribution in [-0.4, -0.2) is 37.1 Å². The molecule has 1 aliphatic heterocycles. The molecule has 0 radical (unpaired) electrons. The molecule has 0 atom stereocenters. The second-order valence-electron chi connectivity index (χ2n) is 4.42. The van der Waals surface area contributed by atoms with Crippen molar-refractivity contribution in [3.05, 3.63) is 18.3 Å². The summed E-state index contributed by atoms with van der Waals surface area (Å²) >= 11 is 0. The van der Waals surface area contributed by atoms with Crippen molar-refractivity contribution in [3.63, 3.8) is 0 Å². The fraction of sp³-hybridized carbons (Fsp3) is 0.583. The number of hydrogen-bond acceptors (Lipinski definition) is 5. The van der Waals surface area contributed by atoms with Crippen LogP contribution in [0.5, 0.6) is 5.88 Å². The lowest BCUT2D eigenvalue weighted by atomic mass is 10.2. The first kappa shape index (κ1) is 12.1. The third-order valence-corrected chi connectivity index (χ3v) is 2.59. The molecule has 1 saturated heterocycles. The van der Waals surface area contributed by atoms with Crippen LogP contribution < -0.4 is 10.1 Å². The van der Waals surface area contributed by atoms with Gasteiger partial charge in [0.25, 0.3) is 0 Å². The molecule has 1 N–H and O–H groups in total. The highest BCUT2D eigenvalue weighted by Gasteiger charge is 2.28. The zero-order chi connectivity index (χ0) is 12.3. The summed E-state index contributed by atoms with van der Waals surface area (Å²) in [5.41, 5.74) is 0.854. The van der Waals surface area contributed by atoms with E-state index in [1.165, 1.54) is 0 Å². The molecule has 17 heavy (non-hydrogen) atoms. The average molecular weight is 238 g/mol. The monoisotopic (exact) mass is 238 g/mol. The van der Waals surface area contributed by atoms with E-state index in [0.717, 1.165) is 5.69 Å². The third-order valence-electron chi connectivity index (χ3n) is 2.59. The highest BCUT2D eigenvalue weighted by molar-refractivity contribution is 5.52. The van der Waals surface area contributed by atoms with Crippen molar-refractivity contribution in [2.75, 3.05) is 25.6 Å². The molecule has 0 bridgehead atoms. The van der Waals surface area contributed by atoms with E-state index in [9.17, 15) is 0 Å². The number of rotatable bonds is 3. The molecule has 1 aromatic rings. The molecule has 2 heterocycles. The number of ether oxygens (including phenoxy) is 3. The van der Waals surface area contributed by atoms with E-state index in [4.69, 9.17) is 14.2 Å².